The lowest BCUT2D eigenvalue weighted by molar-refractivity contribution is 0.630. The lowest BCUT2D eigenvalue weighted by Gasteiger charge is -2.01. The summed E-state index contributed by atoms with van der Waals surface area (Å²) in [7, 11) is 0. The standard InChI is InChI=1S/C10H8ClFN2/c1-6-5-13-10(14-6)9-7(11)3-2-4-8(9)12/h2-5H,1H3,(H,13,14). The Morgan fingerprint density at radius 3 is 2.79 bits per heavy atom. The molecule has 2 nitrogen and oxygen atoms in total. The summed E-state index contributed by atoms with van der Waals surface area (Å²) in [6, 6.07) is 4.56. The Labute approximate surface area is 85.8 Å². The third-order valence-electron chi connectivity index (χ3n) is 1.90. The van der Waals surface area contributed by atoms with E-state index in [1.165, 1.54) is 6.07 Å². The van der Waals surface area contributed by atoms with Gasteiger partial charge in [0.05, 0.1) is 10.6 Å². The molecule has 0 saturated heterocycles. The zero-order valence-corrected chi connectivity index (χ0v) is 8.27. The van der Waals surface area contributed by atoms with Crippen LogP contribution in [0.2, 0.25) is 5.02 Å². The average Bonchev–Trinajstić information content (AvgIpc) is 2.51. The molecule has 72 valence electrons. The summed E-state index contributed by atoms with van der Waals surface area (Å²) in [4.78, 5) is 6.97. The van der Waals surface area contributed by atoms with Crippen molar-refractivity contribution in [1.29, 1.82) is 0 Å². The van der Waals surface area contributed by atoms with Gasteiger partial charge in [-0.25, -0.2) is 9.37 Å². The van der Waals surface area contributed by atoms with Crippen LogP contribution in [0.25, 0.3) is 11.4 Å². The zero-order chi connectivity index (χ0) is 10.1. The summed E-state index contributed by atoms with van der Waals surface area (Å²) in [5.74, 6) is 0.0949. The van der Waals surface area contributed by atoms with Crippen LogP contribution in [0.4, 0.5) is 4.39 Å². The third-order valence-corrected chi connectivity index (χ3v) is 2.22. The lowest BCUT2D eigenvalue weighted by atomic mass is 10.2. The van der Waals surface area contributed by atoms with Crippen LogP contribution >= 0.6 is 11.6 Å². The Hall–Kier alpha value is -1.35. The summed E-state index contributed by atoms with van der Waals surface area (Å²) in [5, 5.41) is 0.361. The molecule has 1 aromatic carbocycles. The zero-order valence-electron chi connectivity index (χ0n) is 7.51. The first kappa shape index (κ1) is 9.21. The van der Waals surface area contributed by atoms with Crippen molar-refractivity contribution in [2.45, 2.75) is 6.92 Å². The number of H-pyrrole nitrogens is 1. The third kappa shape index (κ3) is 1.51. The van der Waals surface area contributed by atoms with Crippen molar-refractivity contribution in [3.05, 3.63) is 40.9 Å². The molecule has 0 saturated carbocycles. The van der Waals surface area contributed by atoms with Crippen molar-refractivity contribution >= 4 is 11.6 Å². The van der Waals surface area contributed by atoms with Crippen molar-refractivity contribution in [2.24, 2.45) is 0 Å². The summed E-state index contributed by atoms with van der Waals surface area (Å²) < 4.78 is 13.4. The number of aromatic nitrogens is 2. The van der Waals surface area contributed by atoms with Crippen molar-refractivity contribution in [3.63, 3.8) is 0 Å². The monoisotopic (exact) mass is 210 g/mol. The Bertz CT molecular complexity index is 445. The van der Waals surface area contributed by atoms with Gasteiger partial charge in [-0.2, -0.15) is 0 Å². The molecule has 0 atom stereocenters. The number of imidazole rings is 1. The Morgan fingerprint density at radius 1 is 1.43 bits per heavy atom. The van der Waals surface area contributed by atoms with Crippen LogP contribution in [0.3, 0.4) is 0 Å². The fourth-order valence-corrected chi connectivity index (χ4v) is 1.52. The van der Waals surface area contributed by atoms with Gasteiger partial charge in [0.15, 0.2) is 0 Å². The van der Waals surface area contributed by atoms with Crippen LogP contribution in [0.15, 0.2) is 24.4 Å². The average molecular weight is 211 g/mol. The van der Waals surface area contributed by atoms with Crippen molar-refractivity contribution in [1.82, 2.24) is 9.97 Å². The molecule has 1 heterocycles. The smallest absolute Gasteiger partial charge is 0.141 e. The highest BCUT2D eigenvalue weighted by molar-refractivity contribution is 6.33. The molecule has 0 bridgehead atoms. The molecule has 0 aliphatic heterocycles. The first-order valence-electron chi connectivity index (χ1n) is 4.14. The van der Waals surface area contributed by atoms with E-state index < -0.39 is 0 Å². The van der Waals surface area contributed by atoms with Crippen LogP contribution < -0.4 is 0 Å². The second-order valence-corrected chi connectivity index (χ2v) is 3.42. The van der Waals surface area contributed by atoms with Crippen LogP contribution in [0.1, 0.15) is 5.69 Å². The van der Waals surface area contributed by atoms with Gasteiger partial charge in [0.1, 0.15) is 11.6 Å². The molecule has 0 aliphatic rings. The van der Waals surface area contributed by atoms with Crippen LogP contribution in [0, 0.1) is 12.7 Å². The summed E-state index contributed by atoms with van der Waals surface area (Å²) >= 11 is 5.87. The molecule has 0 radical (unpaired) electrons. The van der Waals surface area contributed by atoms with E-state index in [0.29, 0.717) is 16.4 Å². The van der Waals surface area contributed by atoms with Gasteiger partial charge < -0.3 is 4.98 Å². The van der Waals surface area contributed by atoms with Crippen LogP contribution in [0.5, 0.6) is 0 Å². The SMILES string of the molecule is Cc1cnc(-c2c(F)cccc2Cl)[nH]1. The second kappa shape index (κ2) is 3.42. The molecule has 2 aromatic rings. The summed E-state index contributed by atoms with van der Waals surface area (Å²) in [6.45, 7) is 1.85. The number of nitrogens with zero attached hydrogens (tertiary/aromatic N) is 1. The fourth-order valence-electron chi connectivity index (χ4n) is 1.26. The van der Waals surface area contributed by atoms with E-state index in [9.17, 15) is 4.39 Å². The van der Waals surface area contributed by atoms with Crippen molar-refractivity contribution < 1.29 is 4.39 Å². The molecule has 4 heteroatoms. The minimum absolute atomic E-state index is 0.322. The van der Waals surface area contributed by atoms with Gasteiger partial charge in [-0.1, -0.05) is 17.7 Å². The normalized spacial score (nSPS) is 10.5. The first-order valence-corrected chi connectivity index (χ1v) is 4.52. The summed E-state index contributed by atoms with van der Waals surface area (Å²) in [5.41, 5.74) is 1.20. The number of halogens is 2. The van der Waals surface area contributed by atoms with E-state index in [0.717, 1.165) is 5.69 Å². The number of hydrogen-bond acceptors (Lipinski definition) is 1. The predicted octanol–water partition coefficient (Wildman–Crippen LogP) is 3.18. The van der Waals surface area contributed by atoms with Gasteiger partial charge in [-0.15, -0.1) is 0 Å². The number of benzene rings is 1. The quantitative estimate of drug-likeness (QED) is 0.770. The highest BCUT2D eigenvalue weighted by atomic mass is 35.5. The lowest BCUT2D eigenvalue weighted by Crippen LogP contribution is -1.87. The minimum Gasteiger partial charge on any atom is -0.342 e. The number of aromatic amines is 1. The maximum absolute atomic E-state index is 13.4. The molecule has 0 amide bonds. The molecule has 0 unspecified atom stereocenters. The van der Waals surface area contributed by atoms with E-state index in [1.807, 2.05) is 6.92 Å². The maximum atomic E-state index is 13.4. The van der Waals surface area contributed by atoms with Gasteiger partial charge in [-0.05, 0) is 19.1 Å². The predicted molar refractivity (Wildman–Crippen MR) is 53.7 cm³/mol. The van der Waals surface area contributed by atoms with Crippen LogP contribution in [-0.4, -0.2) is 9.97 Å². The van der Waals surface area contributed by atoms with Gasteiger partial charge >= 0.3 is 0 Å². The number of rotatable bonds is 1. The van der Waals surface area contributed by atoms with Crippen molar-refractivity contribution in [2.75, 3.05) is 0 Å². The number of hydrogen-bond donors (Lipinski definition) is 1. The highest BCUT2D eigenvalue weighted by Gasteiger charge is 2.11. The van der Waals surface area contributed by atoms with Crippen molar-refractivity contribution in [3.8, 4) is 11.4 Å². The second-order valence-electron chi connectivity index (χ2n) is 3.01. The Balaban J connectivity index is 2.61. The molecule has 14 heavy (non-hydrogen) atoms. The highest BCUT2D eigenvalue weighted by Crippen LogP contribution is 2.27. The van der Waals surface area contributed by atoms with Gasteiger partial charge in [0.2, 0.25) is 0 Å². The molecule has 0 fully saturated rings. The van der Waals surface area contributed by atoms with E-state index >= 15 is 0 Å². The molecule has 0 aliphatic carbocycles. The van der Waals surface area contributed by atoms with E-state index in [2.05, 4.69) is 9.97 Å². The number of aryl methyl sites for hydroxylation is 1. The molecule has 1 N–H and O–H groups in total. The van der Waals surface area contributed by atoms with Gasteiger partial charge in [-0.3, -0.25) is 0 Å². The minimum atomic E-state index is -0.369. The molecule has 0 spiro atoms. The fraction of sp³-hybridized carbons (Fsp3) is 0.100. The molecule has 1 aromatic heterocycles. The maximum Gasteiger partial charge on any atom is 0.141 e. The largest absolute Gasteiger partial charge is 0.342 e. The van der Waals surface area contributed by atoms with Crippen LogP contribution in [-0.2, 0) is 0 Å². The topological polar surface area (TPSA) is 28.7 Å². The van der Waals surface area contributed by atoms with E-state index in [1.54, 1.807) is 18.3 Å². The number of nitrogens with one attached hydrogen (secondary N) is 1. The van der Waals surface area contributed by atoms with E-state index in [4.69, 9.17) is 11.6 Å². The molecular formula is C10H8ClFN2. The first-order chi connectivity index (χ1) is 6.68. The Kier molecular flexibility index (Phi) is 2.25. The summed E-state index contributed by atoms with van der Waals surface area (Å²) in [6.07, 6.45) is 1.64. The van der Waals surface area contributed by atoms with E-state index in [-0.39, 0.29) is 5.82 Å². The molecule has 2 rings (SSSR count). The van der Waals surface area contributed by atoms with Gasteiger partial charge in [0, 0.05) is 11.9 Å². The Morgan fingerprint density at radius 2 is 2.21 bits per heavy atom. The van der Waals surface area contributed by atoms with Gasteiger partial charge in [0.25, 0.3) is 0 Å². The molecular weight excluding hydrogens is 203 g/mol.